The van der Waals surface area contributed by atoms with Crippen LogP contribution in [0, 0.1) is 0 Å². The van der Waals surface area contributed by atoms with Gasteiger partial charge < -0.3 is 9.30 Å². The molecule has 0 atom stereocenters. The number of para-hydroxylation sites is 3. The van der Waals surface area contributed by atoms with Gasteiger partial charge >= 0.3 is 0 Å². The minimum Gasteiger partial charge on any atom is -0.469 e. The smallest absolute Gasteiger partial charge is 0.224 e. The molecule has 0 aliphatic carbocycles. The Balaban J connectivity index is 1.67. The van der Waals surface area contributed by atoms with Gasteiger partial charge in [0.15, 0.2) is 0 Å². The van der Waals surface area contributed by atoms with Gasteiger partial charge in [-0.3, -0.25) is 0 Å². The molecule has 0 aliphatic rings. The van der Waals surface area contributed by atoms with Gasteiger partial charge in [-0.1, -0.05) is 24.3 Å². The molecule has 0 spiro atoms. The molecular formula is C17H14N4O. The third-order valence-corrected chi connectivity index (χ3v) is 3.72. The summed E-state index contributed by atoms with van der Waals surface area (Å²) in [5, 5.41) is 0.906. The van der Waals surface area contributed by atoms with E-state index in [-0.39, 0.29) is 0 Å². The van der Waals surface area contributed by atoms with Crippen LogP contribution in [0.15, 0.2) is 54.9 Å². The van der Waals surface area contributed by atoms with Crippen LogP contribution in [0.2, 0.25) is 0 Å². The molecule has 4 aromatic rings. The summed E-state index contributed by atoms with van der Waals surface area (Å²) in [6.45, 7) is 0.367. The van der Waals surface area contributed by atoms with Crippen LogP contribution in [0.5, 0.6) is 5.88 Å². The fraction of sp³-hybridized carbons (Fsp3) is 0.118. The number of benzene rings is 2. The number of aryl methyl sites for hydroxylation is 1. The zero-order valence-electron chi connectivity index (χ0n) is 12.1. The zero-order chi connectivity index (χ0) is 14.9. The third-order valence-electron chi connectivity index (χ3n) is 3.72. The van der Waals surface area contributed by atoms with Crippen molar-refractivity contribution in [2.75, 3.05) is 0 Å². The van der Waals surface area contributed by atoms with E-state index in [1.807, 2.05) is 60.1 Å². The largest absolute Gasteiger partial charge is 0.469 e. The second-order valence-corrected chi connectivity index (χ2v) is 5.06. The summed E-state index contributed by atoms with van der Waals surface area (Å²) >= 11 is 0. The third kappa shape index (κ3) is 2.07. The predicted molar refractivity (Wildman–Crippen MR) is 84.6 cm³/mol. The minimum absolute atomic E-state index is 0.367. The van der Waals surface area contributed by atoms with Crippen molar-refractivity contribution in [3.63, 3.8) is 0 Å². The fourth-order valence-electron chi connectivity index (χ4n) is 2.55. The van der Waals surface area contributed by atoms with Crippen LogP contribution in [-0.2, 0) is 13.7 Å². The van der Waals surface area contributed by atoms with E-state index < -0.39 is 0 Å². The molecule has 0 amide bonds. The van der Waals surface area contributed by atoms with Gasteiger partial charge in [0.2, 0.25) is 5.88 Å². The highest BCUT2D eigenvalue weighted by atomic mass is 16.5. The standard InChI is InChI=1S/C17H14N4O/c1-21-15-9-5-4-8-14(15)20-16(21)10-22-17-12-6-2-3-7-13(12)18-11-19-17/h2-9,11H,10H2,1H3. The Morgan fingerprint density at radius 1 is 0.955 bits per heavy atom. The van der Waals surface area contributed by atoms with Crippen molar-refractivity contribution in [3.8, 4) is 5.88 Å². The average Bonchev–Trinajstić information content (AvgIpc) is 2.89. The number of hydrogen-bond donors (Lipinski definition) is 0. The molecule has 0 saturated carbocycles. The van der Waals surface area contributed by atoms with Crippen LogP contribution >= 0.6 is 0 Å². The first-order valence-electron chi connectivity index (χ1n) is 7.06. The maximum Gasteiger partial charge on any atom is 0.224 e. The summed E-state index contributed by atoms with van der Waals surface area (Å²) in [5.74, 6) is 1.45. The Morgan fingerprint density at radius 3 is 2.59 bits per heavy atom. The quantitative estimate of drug-likeness (QED) is 0.582. The van der Waals surface area contributed by atoms with Crippen molar-refractivity contribution in [1.82, 2.24) is 19.5 Å². The Morgan fingerprint density at radius 2 is 1.73 bits per heavy atom. The Hall–Kier alpha value is -2.95. The fourth-order valence-corrected chi connectivity index (χ4v) is 2.55. The number of rotatable bonds is 3. The maximum absolute atomic E-state index is 5.88. The van der Waals surface area contributed by atoms with E-state index in [1.165, 1.54) is 6.33 Å². The SMILES string of the molecule is Cn1c(COc2ncnc3ccccc23)nc2ccccc21. The molecule has 0 aliphatic heterocycles. The van der Waals surface area contributed by atoms with Crippen molar-refractivity contribution in [2.24, 2.45) is 7.05 Å². The van der Waals surface area contributed by atoms with Gasteiger partial charge in [-0.2, -0.15) is 0 Å². The molecule has 2 aromatic heterocycles. The molecule has 0 fully saturated rings. The molecule has 5 nitrogen and oxygen atoms in total. The summed E-state index contributed by atoms with van der Waals surface area (Å²) in [4.78, 5) is 13.1. The second-order valence-electron chi connectivity index (χ2n) is 5.06. The van der Waals surface area contributed by atoms with Crippen molar-refractivity contribution >= 4 is 21.9 Å². The average molecular weight is 290 g/mol. The van der Waals surface area contributed by atoms with Gasteiger partial charge in [-0.25, -0.2) is 15.0 Å². The van der Waals surface area contributed by atoms with E-state index in [1.54, 1.807) is 0 Å². The number of imidazole rings is 1. The van der Waals surface area contributed by atoms with E-state index in [2.05, 4.69) is 15.0 Å². The molecule has 4 rings (SSSR count). The lowest BCUT2D eigenvalue weighted by Crippen LogP contribution is -2.04. The van der Waals surface area contributed by atoms with Crippen molar-refractivity contribution in [2.45, 2.75) is 6.61 Å². The van der Waals surface area contributed by atoms with Crippen molar-refractivity contribution < 1.29 is 4.74 Å². The van der Waals surface area contributed by atoms with Gasteiger partial charge in [0.05, 0.1) is 21.9 Å². The minimum atomic E-state index is 0.367. The van der Waals surface area contributed by atoms with E-state index >= 15 is 0 Å². The number of aromatic nitrogens is 4. The summed E-state index contributed by atoms with van der Waals surface area (Å²) in [5.41, 5.74) is 2.93. The lowest BCUT2D eigenvalue weighted by molar-refractivity contribution is 0.284. The van der Waals surface area contributed by atoms with Crippen LogP contribution in [-0.4, -0.2) is 19.5 Å². The summed E-state index contributed by atoms with van der Waals surface area (Å²) in [7, 11) is 1.99. The monoisotopic (exact) mass is 290 g/mol. The normalized spacial score (nSPS) is 11.1. The molecule has 5 heteroatoms. The van der Waals surface area contributed by atoms with Crippen LogP contribution in [0.3, 0.4) is 0 Å². The van der Waals surface area contributed by atoms with Crippen molar-refractivity contribution in [3.05, 3.63) is 60.7 Å². The highest BCUT2D eigenvalue weighted by Gasteiger charge is 2.09. The molecule has 0 unspecified atom stereocenters. The molecule has 0 radical (unpaired) electrons. The Labute approximate surface area is 127 Å². The summed E-state index contributed by atoms with van der Waals surface area (Å²) < 4.78 is 7.92. The molecule has 2 heterocycles. The molecular weight excluding hydrogens is 276 g/mol. The lowest BCUT2D eigenvalue weighted by Gasteiger charge is -2.07. The molecule has 22 heavy (non-hydrogen) atoms. The summed E-state index contributed by atoms with van der Waals surface area (Å²) in [6, 6.07) is 15.8. The van der Waals surface area contributed by atoms with Crippen LogP contribution < -0.4 is 4.74 Å². The Bertz CT molecular complexity index is 956. The van der Waals surface area contributed by atoms with Crippen LogP contribution in [0.1, 0.15) is 5.82 Å². The van der Waals surface area contributed by atoms with E-state index in [9.17, 15) is 0 Å². The first-order chi connectivity index (χ1) is 10.8. The second kappa shape index (κ2) is 5.11. The first kappa shape index (κ1) is 12.8. The van der Waals surface area contributed by atoms with E-state index in [0.29, 0.717) is 12.5 Å². The molecule has 108 valence electrons. The number of nitrogens with zero attached hydrogens (tertiary/aromatic N) is 4. The zero-order valence-corrected chi connectivity index (χ0v) is 12.1. The van der Waals surface area contributed by atoms with Crippen LogP contribution in [0.4, 0.5) is 0 Å². The lowest BCUT2D eigenvalue weighted by atomic mass is 10.2. The van der Waals surface area contributed by atoms with Crippen molar-refractivity contribution in [1.29, 1.82) is 0 Å². The van der Waals surface area contributed by atoms with Gasteiger partial charge in [0.25, 0.3) is 0 Å². The van der Waals surface area contributed by atoms with Gasteiger partial charge in [-0.05, 0) is 24.3 Å². The van der Waals surface area contributed by atoms with E-state index in [4.69, 9.17) is 4.74 Å². The highest BCUT2D eigenvalue weighted by Crippen LogP contribution is 2.22. The first-order valence-corrected chi connectivity index (χ1v) is 7.06. The molecule has 0 saturated heterocycles. The van der Waals surface area contributed by atoms with Gasteiger partial charge in [-0.15, -0.1) is 0 Å². The summed E-state index contributed by atoms with van der Waals surface area (Å²) in [6.07, 6.45) is 1.52. The maximum atomic E-state index is 5.88. The highest BCUT2D eigenvalue weighted by molar-refractivity contribution is 5.83. The number of fused-ring (bicyclic) bond motifs is 2. The number of hydrogen-bond acceptors (Lipinski definition) is 4. The van der Waals surface area contributed by atoms with Gasteiger partial charge in [0, 0.05) is 7.05 Å². The molecule has 0 bridgehead atoms. The van der Waals surface area contributed by atoms with Crippen LogP contribution in [0.25, 0.3) is 21.9 Å². The van der Waals surface area contributed by atoms with Gasteiger partial charge in [0.1, 0.15) is 18.8 Å². The Kier molecular flexibility index (Phi) is 2.96. The molecule has 2 aromatic carbocycles. The molecule has 0 N–H and O–H groups in total. The predicted octanol–water partition coefficient (Wildman–Crippen LogP) is 3.10. The van der Waals surface area contributed by atoms with E-state index in [0.717, 1.165) is 27.8 Å². The number of ether oxygens (including phenoxy) is 1. The topological polar surface area (TPSA) is 52.8 Å².